The van der Waals surface area contributed by atoms with Crippen molar-refractivity contribution in [1.82, 2.24) is 10.2 Å². The van der Waals surface area contributed by atoms with Crippen LogP contribution in [0.4, 0.5) is 0 Å². The molecule has 8 heteroatoms. The fourth-order valence-electron chi connectivity index (χ4n) is 1.98. The number of amides is 2. The first-order chi connectivity index (χ1) is 8.52. The highest BCUT2D eigenvalue weighted by molar-refractivity contribution is 7.86. The Labute approximate surface area is 104 Å². The second-order valence-corrected chi connectivity index (χ2v) is 5.20. The number of nitrogens with one attached hydrogen (secondary N) is 1. The van der Waals surface area contributed by atoms with Crippen molar-refractivity contribution in [2.24, 2.45) is 0 Å². The Hall–Kier alpha value is -2.14. The Bertz CT molecular complexity index is 547. The molecule has 2 aliphatic rings. The van der Waals surface area contributed by atoms with Gasteiger partial charge in [-0.05, 0) is 0 Å². The summed E-state index contributed by atoms with van der Waals surface area (Å²) in [7, 11) is -1.53. The first-order valence-corrected chi connectivity index (χ1v) is 6.24. The van der Waals surface area contributed by atoms with E-state index in [1.807, 2.05) is 0 Å². The highest BCUT2D eigenvalue weighted by atomic mass is 32.2. The number of fused-ring (bicyclic) bond motifs is 1. The molecule has 3 atom stereocenters. The number of carbonyl (C=O) groups is 3. The van der Waals surface area contributed by atoms with Crippen molar-refractivity contribution in [3.63, 3.8) is 0 Å². The molecule has 7 nitrogen and oxygen atoms in total. The maximum absolute atomic E-state index is 11.9. The van der Waals surface area contributed by atoms with Crippen molar-refractivity contribution in [3.8, 4) is 12.3 Å². The molecule has 2 N–H and O–H groups in total. The molecule has 0 saturated carbocycles. The van der Waals surface area contributed by atoms with Gasteiger partial charge in [0.2, 0.25) is 6.41 Å². The summed E-state index contributed by atoms with van der Waals surface area (Å²) in [6, 6.07) is -0.947. The smallest absolute Gasteiger partial charge is 0.353 e. The maximum atomic E-state index is 11.9. The van der Waals surface area contributed by atoms with Crippen molar-refractivity contribution in [3.05, 3.63) is 11.3 Å². The van der Waals surface area contributed by atoms with Crippen LogP contribution in [-0.2, 0) is 25.2 Å². The summed E-state index contributed by atoms with van der Waals surface area (Å²) in [4.78, 5) is 34.0. The van der Waals surface area contributed by atoms with E-state index in [9.17, 15) is 18.6 Å². The lowest BCUT2D eigenvalue weighted by molar-refractivity contribution is -0.150. The quantitative estimate of drug-likeness (QED) is 0.350. The molecule has 2 rings (SSSR count). The lowest BCUT2D eigenvalue weighted by atomic mass is 10.0. The van der Waals surface area contributed by atoms with Gasteiger partial charge in [-0.15, -0.1) is 6.42 Å². The fourth-order valence-corrected chi connectivity index (χ4v) is 3.60. The van der Waals surface area contributed by atoms with Crippen LogP contribution in [0.3, 0.4) is 0 Å². The summed E-state index contributed by atoms with van der Waals surface area (Å²) in [5.41, 5.74) is -0.300. The molecule has 1 saturated heterocycles. The number of nitrogens with zero attached hydrogens (tertiary/aromatic N) is 1. The van der Waals surface area contributed by atoms with Crippen LogP contribution >= 0.6 is 0 Å². The standard InChI is InChI=1S/C10H8N2O5S/c1-2-5-3-18(17)9-6(11-4-13)8(14)12(9)7(5)10(15)16/h1,4,6,9H,3H2,(H,11,13)(H,15,16)/t6?,9-,18?/m1/s1. The molecular weight excluding hydrogens is 260 g/mol. The number of carbonyl (C=O) groups excluding carboxylic acids is 2. The molecule has 2 unspecified atom stereocenters. The Morgan fingerprint density at radius 1 is 1.67 bits per heavy atom. The van der Waals surface area contributed by atoms with Crippen LogP contribution in [-0.4, -0.2) is 49.7 Å². The molecule has 2 amide bonds. The average Bonchev–Trinajstić information content (AvgIpc) is 2.34. The molecular formula is C10H8N2O5S. The minimum atomic E-state index is -1.53. The van der Waals surface area contributed by atoms with Gasteiger partial charge in [0.25, 0.3) is 5.91 Å². The number of aliphatic carboxylic acids is 1. The lowest BCUT2D eigenvalue weighted by Crippen LogP contribution is -2.72. The summed E-state index contributed by atoms with van der Waals surface area (Å²) >= 11 is 0. The number of carboxylic acid groups (broad SMARTS) is 1. The summed E-state index contributed by atoms with van der Waals surface area (Å²) in [6.45, 7) is 0. The molecule has 18 heavy (non-hydrogen) atoms. The first kappa shape index (κ1) is 12.3. The van der Waals surface area contributed by atoms with E-state index in [4.69, 9.17) is 11.5 Å². The minimum absolute atomic E-state index is 0.0231. The molecule has 2 heterocycles. The Balaban J connectivity index is 2.45. The summed E-state index contributed by atoms with van der Waals surface area (Å²) in [5.74, 6) is 0.0674. The van der Waals surface area contributed by atoms with E-state index in [2.05, 4.69) is 11.2 Å². The van der Waals surface area contributed by atoms with Gasteiger partial charge in [0.15, 0.2) is 0 Å². The van der Waals surface area contributed by atoms with Crippen molar-refractivity contribution in [1.29, 1.82) is 0 Å². The van der Waals surface area contributed by atoms with E-state index in [1.165, 1.54) is 0 Å². The van der Waals surface area contributed by atoms with Gasteiger partial charge >= 0.3 is 5.97 Å². The van der Waals surface area contributed by atoms with Crippen LogP contribution in [0.1, 0.15) is 0 Å². The average molecular weight is 268 g/mol. The van der Waals surface area contributed by atoms with Gasteiger partial charge < -0.3 is 10.4 Å². The molecule has 2 aliphatic heterocycles. The number of β-lactam (4-membered cyclic amide) rings is 1. The van der Waals surface area contributed by atoms with Gasteiger partial charge in [-0.25, -0.2) is 4.79 Å². The third-order valence-corrected chi connectivity index (χ3v) is 4.35. The zero-order valence-electron chi connectivity index (χ0n) is 8.95. The van der Waals surface area contributed by atoms with E-state index >= 15 is 0 Å². The van der Waals surface area contributed by atoms with Gasteiger partial charge in [0.1, 0.15) is 17.1 Å². The van der Waals surface area contributed by atoms with Gasteiger partial charge in [-0.3, -0.25) is 18.7 Å². The molecule has 0 bridgehead atoms. The van der Waals surface area contributed by atoms with Crippen molar-refractivity contribution < 1.29 is 23.7 Å². The van der Waals surface area contributed by atoms with Crippen LogP contribution < -0.4 is 5.32 Å². The molecule has 94 valence electrons. The predicted molar refractivity (Wildman–Crippen MR) is 60.1 cm³/mol. The van der Waals surface area contributed by atoms with Crippen LogP contribution in [0.2, 0.25) is 0 Å². The zero-order valence-corrected chi connectivity index (χ0v) is 9.77. The van der Waals surface area contributed by atoms with Crippen LogP contribution in [0, 0.1) is 12.3 Å². The topological polar surface area (TPSA) is 104 Å². The van der Waals surface area contributed by atoms with Gasteiger partial charge in [-0.1, -0.05) is 5.92 Å². The third kappa shape index (κ3) is 1.52. The normalized spacial score (nSPS) is 30.1. The Kier molecular flexibility index (Phi) is 2.92. The Morgan fingerprint density at radius 2 is 2.33 bits per heavy atom. The van der Waals surface area contributed by atoms with E-state index in [1.54, 1.807) is 0 Å². The van der Waals surface area contributed by atoms with Crippen molar-refractivity contribution >= 4 is 29.1 Å². The molecule has 0 aliphatic carbocycles. The van der Waals surface area contributed by atoms with E-state index < -0.39 is 34.1 Å². The number of hydrogen-bond acceptors (Lipinski definition) is 4. The second kappa shape index (κ2) is 4.27. The SMILES string of the molecule is C#CC1=C(C(=O)O)N2C(=O)C(NC=O)[C@H]2S(=O)C1. The third-order valence-electron chi connectivity index (χ3n) is 2.75. The van der Waals surface area contributed by atoms with Gasteiger partial charge in [-0.2, -0.15) is 0 Å². The molecule has 0 aromatic rings. The van der Waals surface area contributed by atoms with Crippen LogP contribution in [0.25, 0.3) is 0 Å². The predicted octanol–water partition coefficient (Wildman–Crippen LogP) is -2.00. The molecule has 0 radical (unpaired) electrons. The zero-order chi connectivity index (χ0) is 13.4. The van der Waals surface area contributed by atoms with Gasteiger partial charge in [0, 0.05) is 5.57 Å². The van der Waals surface area contributed by atoms with Crippen LogP contribution in [0.5, 0.6) is 0 Å². The highest BCUT2D eigenvalue weighted by Gasteiger charge is 2.56. The summed E-state index contributed by atoms with van der Waals surface area (Å²) in [6.07, 6.45) is 5.47. The molecule has 1 fully saturated rings. The first-order valence-electron chi connectivity index (χ1n) is 4.86. The monoisotopic (exact) mass is 268 g/mol. The van der Waals surface area contributed by atoms with E-state index in [0.29, 0.717) is 6.41 Å². The van der Waals surface area contributed by atoms with Crippen LogP contribution in [0.15, 0.2) is 11.3 Å². The minimum Gasteiger partial charge on any atom is -0.477 e. The van der Waals surface area contributed by atoms with E-state index in [-0.39, 0.29) is 17.0 Å². The van der Waals surface area contributed by atoms with E-state index in [0.717, 1.165) is 4.90 Å². The van der Waals surface area contributed by atoms with Crippen molar-refractivity contribution in [2.45, 2.75) is 11.4 Å². The Morgan fingerprint density at radius 3 is 2.83 bits per heavy atom. The number of hydrogen-bond donors (Lipinski definition) is 2. The van der Waals surface area contributed by atoms with Crippen molar-refractivity contribution in [2.75, 3.05) is 5.75 Å². The molecule has 0 aromatic heterocycles. The largest absolute Gasteiger partial charge is 0.477 e. The van der Waals surface area contributed by atoms with Gasteiger partial charge in [0.05, 0.1) is 16.6 Å². The summed E-state index contributed by atoms with van der Waals surface area (Å²) < 4.78 is 11.9. The molecule has 0 aromatic carbocycles. The molecule has 0 spiro atoms. The number of rotatable bonds is 3. The maximum Gasteiger partial charge on any atom is 0.353 e. The number of terminal acetylenes is 1. The lowest BCUT2D eigenvalue weighted by Gasteiger charge is -2.48. The second-order valence-electron chi connectivity index (χ2n) is 3.66. The summed E-state index contributed by atoms with van der Waals surface area (Å²) in [5, 5.41) is 10.4. The highest BCUT2D eigenvalue weighted by Crippen LogP contribution is 2.34. The number of carboxylic acids is 1. The fraction of sp³-hybridized carbons (Fsp3) is 0.300.